The Morgan fingerprint density at radius 3 is 2.48 bits per heavy atom. The van der Waals surface area contributed by atoms with Gasteiger partial charge in [0.05, 0.1) is 18.4 Å². The molecule has 0 saturated carbocycles. The molecule has 0 saturated heterocycles. The van der Waals surface area contributed by atoms with Gasteiger partial charge in [-0.1, -0.05) is 6.58 Å². The fourth-order valence-electron chi connectivity index (χ4n) is 2.96. The Hall–Kier alpha value is -3.10. The van der Waals surface area contributed by atoms with Crippen LogP contribution in [0.25, 0.3) is 0 Å². The summed E-state index contributed by atoms with van der Waals surface area (Å²) in [6.45, 7) is 3.66. The summed E-state index contributed by atoms with van der Waals surface area (Å²) in [4.78, 5) is 30.6. The van der Waals surface area contributed by atoms with Gasteiger partial charge in [0.2, 0.25) is 11.7 Å². The van der Waals surface area contributed by atoms with Gasteiger partial charge in [-0.15, -0.1) is 0 Å². The van der Waals surface area contributed by atoms with Crippen molar-refractivity contribution in [2.75, 3.05) is 18.5 Å². The predicted molar refractivity (Wildman–Crippen MR) is 92.0 cm³/mol. The highest BCUT2D eigenvalue weighted by atomic mass is 19.4. The molecule has 2 heterocycles. The lowest BCUT2D eigenvalue weighted by atomic mass is 10.1. The number of hydrogen-bond donors (Lipinski definition) is 0. The first-order chi connectivity index (χ1) is 12.7. The summed E-state index contributed by atoms with van der Waals surface area (Å²) in [5.41, 5.74) is 1.33. The first kappa shape index (κ1) is 18.7. The first-order valence-electron chi connectivity index (χ1n) is 8.13. The molecule has 142 valence electrons. The van der Waals surface area contributed by atoms with Gasteiger partial charge < -0.3 is 14.4 Å². The molecule has 0 bridgehead atoms. The minimum atomic E-state index is -4.52. The number of rotatable bonds is 3. The molecule has 1 aromatic heterocycles. The fraction of sp³-hybridized carbons (Fsp3) is 0.278. The molecule has 1 aliphatic heterocycles. The first-order valence-corrected chi connectivity index (χ1v) is 8.13. The molecule has 0 fully saturated rings. The molecular formula is C18H17F3N4O2. The minimum Gasteiger partial charge on any atom is -0.331 e. The van der Waals surface area contributed by atoms with E-state index in [2.05, 4.69) is 11.6 Å². The molecule has 6 nitrogen and oxygen atoms in total. The number of halogens is 3. The number of alkyl halides is 3. The van der Waals surface area contributed by atoms with E-state index in [1.165, 1.54) is 15.9 Å². The van der Waals surface area contributed by atoms with Gasteiger partial charge in [0, 0.05) is 31.4 Å². The molecular weight excluding hydrogens is 361 g/mol. The van der Waals surface area contributed by atoms with Gasteiger partial charge in [-0.2, -0.15) is 13.2 Å². The molecule has 2 aromatic rings. The fourth-order valence-corrected chi connectivity index (χ4v) is 2.96. The molecule has 3 rings (SSSR count). The number of aromatic nitrogens is 2. The van der Waals surface area contributed by atoms with Crippen molar-refractivity contribution >= 4 is 17.5 Å². The highest BCUT2D eigenvalue weighted by molar-refractivity contribution is 6.01. The lowest BCUT2D eigenvalue weighted by molar-refractivity contribution is -0.147. The SMILES string of the molecule is C=CC(=O)N(C)c1ccc(C(=O)N2CCn3c(cnc3C(F)(F)F)C2)cc1. The summed E-state index contributed by atoms with van der Waals surface area (Å²) in [5, 5.41) is 0. The van der Waals surface area contributed by atoms with Gasteiger partial charge in [0.25, 0.3) is 5.91 Å². The number of anilines is 1. The second-order valence-corrected chi connectivity index (χ2v) is 6.10. The van der Waals surface area contributed by atoms with E-state index < -0.39 is 12.0 Å². The molecule has 0 atom stereocenters. The van der Waals surface area contributed by atoms with Crippen molar-refractivity contribution in [1.82, 2.24) is 14.5 Å². The highest BCUT2D eigenvalue weighted by Crippen LogP contribution is 2.30. The van der Waals surface area contributed by atoms with Gasteiger partial charge >= 0.3 is 6.18 Å². The second kappa shape index (κ2) is 6.90. The molecule has 0 aliphatic carbocycles. The van der Waals surface area contributed by atoms with Crippen LogP contribution in [0.3, 0.4) is 0 Å². The van der Waals surface area contributed by atoms with Crippen LogP contribution in [0, 0.1) is 0 Å². The van der Waals surface area contributed by atoms with Crippen molar-refractivity contribution in [2.45, 2.75) is 19.3 Å². The molecule has 1 aliphatic rings. The zero-order valence-corrected chi connectivity index (χ0v) is 14.5. The van der Waals surface area contributed by atoms with Crippen molar-refractivity contribution in [2.24, 2.45) is 0 Å². The van der Waals surface area contributed by atoms with E-state index in [1.54, 1.807) is 31.3 Å². The zero-order chi connectivity index (χ0) is 19.8. The Morgan fingerprint density at radius 2 is 1.89 bits per heavy atom. The number of likely N-dealkylation sites (N-methyl/N-ethyl adjacent to an activating group) is 1. The largest absolute Gasteiger partial charge is 0.449 e. The minimum absolute atomic E-state index is 0.0323. The number of carbonyl (C=O) groups is 2. The smallest absolute Gasteiger partial charge is 0.331 e. The monoisotopic (exact) mass is 378 g/mol. The number of imidazole rings is 1. The third kappa shape index (κ3) is 3.57. The number of amides is 2. The summed E-state index contributed by atoms with van der Waals surface area (Å²) in [7, 11) is 1.59. The van der Waals surface area contributed by atoms with Crippen LogP contribution in [-0.2, 0) is 24.1 Å². The van der Waals surface area contributed by atoms with Crippen LogP contribution in [0.2, 0.25) is 0 Å². The third-order valence-corrected chi connectivity index (χ3v) is 4.43. The van der Waals surface area contributed by atoms with Crippen molar-refractivity contribution in [3.8, 4) is 0 Å². The second-order valence-electron chi connectivity index (χ2n) is 6.10. The van der Waals surface area contributed by atoms with E-state index in [0.29, 0.717) is 16.9 Å². The van der Waals surface area contributed by atoms with Gasteiger partial charge in [0.1, 0.15) is 0 Å². The van der Waals surface area contributed by atoms with E-state index in [-0.39, 0.29) is 31.4 Å². The van der Waals surface area contributed by atoms with Crippen LogP contribution >= 0.6 is 0 Å². The van der Waals surface area contributed by atoms with Gasteiger partial charge in [-0.3, -0.25) is 9.59 Å². The van der Waals surface area contributed by atoms with Crippen LogP contribution in [0.15, 0.2) is 43.1 Å². The van der Waals surface area contributed by atoms with Gasteiger partial charge in [-0.25, -0.2) is 4.98 Å². The van der Waals surface area contributed by atoms with E-state index in [1.807, 2.05) is 0 Å². The van der Waals surface area contributed by atoms with Gasteiger partial charge in [0.15, 0.2) is 0 Å². The maximum absolute atomic E-state index is 12.9. The topological polar surface area (TPSA) is 58.4 Å². The van der Waals surface area contributed by atoms with Crippen molar-refractivity contribution in [3.63, 3.8) is 0 Å². The van der Waals surface area contributed by atoms with Crippen molar-refractivity contribution in [3.05, 3.63) is 60.2 Å². The zero-order valence-electron chi connectivity index (χ0n) is 14.5. The number of hydrogen-bond acceptors (Lipinski definition) is 3. The molecule has 27 heavy (non-hydrogen) atoms. The third-order valence-electron chi connectivity index (χ3n) is 4.43. The Kier molecular flexibility index (Phi) is 4.77. The average Bonchev–Trinajstić information content (AvgIpc) is 3.10. The molecule has 9 heteroatoms. The Bertz CT molecular complexity index is 887. The molecule has 0 unspecified atom stereocenters. The maximum Gasteiger partial charge on any atom is 0.449 e. The van der Waals surface area contributed by atoms with Gasteiger partial charge in [-0.05, 0) is 30.3 Å². The molecule has 0 radical (unpaired) electrons. The highest BCUT2D eigenvalue weighted by Gasteiger charge is 2.38. The Labute approximate surface area is 153 Å². The standard InChI is InChI=1S/C18H17F3N4O2/c1-3-15(26)23(2)13-6-4-12(5-7-13)16(27)24-8-9-25-14(11-24)10-22-17(25)18(19,20)21/h3-7,10H,1,8-9,11H2,2H3. The van der Waals surface area contributed by atoms with Crippen LogP contribution in [0.1, 0.15) is 21.9 Å². The van der Waals surface area contributed by atoms with E-state index >= 15 is 0 Å². The number of fused-ring (bicyclic) bond motifs is 1. The van der Waals surface area contributed by atoms with Crippen LogP contribution < -0.4 is 4.90 Å². The van der Waals surface area contributed by atoms with Crippen LogP contribution in [-0.4, -0.2) is 39.9 Å². The number of benzene rings is 1. The summed E-state index contributed by atoms with van der Waals surface area (Å²) < 4.78 is 39.9. The predicted octanol–water partition coefficient (Wildman–Crippen LogP) is 2.71. The molecule has 0 spiro atoms. The lowest BCUT2D eigenvalue weighted by Gasteiger charge is -2.29. The van der Waals surface area contributed by atoms with Crippen molar-refractivity contribution in [1.29, 1.82) is 0 Å². The van der Waals surface area contributed by atoms with E-state index in [4.69, 9.17) is 0 Å². The normalized spacial score (nSPS) is 13.9. The summed E-state index contributed by atoms with van der Waals surface area (Å²) >= 11 is 0. The van der Waals surface area contributed by atoms with Crippen LogP contribution in [0.4, 0.5) is 18.9 Å². The number of nitrogens with zero attached hydrogens (tertiary/aromatic N) is 4. The summed E-state index contributed by atoms with van der Waals surface area (Å²) in [6.07, 6.45) is -2.18. The van der Waals surface area contributed by atoms with Crippen LogP contribution in [0.5, 0.6) is 0 Å². The number of carbonyl (C=O) groups excluding carboxylic acids is 2. The van der Waals surface area contributed by atoms with E-state index in [9.17, 15) is 22.8 Å². The maximum atomic E-state index is 12.9. The Morgan fingerprint density at radius 1 is 1.22 bits per heavy atom. The summed E-state index contributed by atoms with van der Waals surface area (Å²) in [5.74, 6) is -1.51. The van der Waals surface area contributed by atoms with Crippen molar-refractivity contribution < 1.29 is 22.8 Å². The molecule has 0 N–H and O–H groups in total. The quantitative estimate of drug-likeness (QED) is 0.772. The van der Waals surface area contributed by atoms with E-state index in [0.717, 1.165) is 10.8 Å². The lowest BCUT2D eigenvalue weighted by Crippen LogP contribution is -2.39. The molecule has 1 aromatic carbocycles. The summed E-state index contributed by atoms with van der Waals surface area (Å²) in [6, 6.07) is 6.42. The average molecular weight is 378 g/mol. The molecule has 2 amide bonds. The Balaban J connectivity index is 1.75.